The van der Waals surface area contributed by atoms with Crippen molar-refractivity contribution in [2.45, 2.75) is 83.6 Å². The second-order valence-corrected chi connectivity index (χ2v) is 5.94. The highest BCUT2D eigenvalue weighted by Crippen LogP contribution is 2.18. The lowest BCUT2D eigenvalue weighted by Crippen LogP contribution is -2.17. The van der Waals surface area contributed by atoms with Crippen LogP contribution in [0.15, 0.2) is 4.42 Å². The van der Waals surface area contributed by atoms with Gasteiger partial charge in [0.05, 0.1) is 0 Å². The molecule has 1 fully saturated rings. The molecular weight excluding hydrogens is 250 g/mol. The maximum absolute atomic E-state index is 5.68. The molecule has 0 amide bonds. The van der Waals surface area contributed by atoms with Crippen LogP contribution in [0.5, 0.6) is 0 Å². The van der Waals surface area contributed by atoms with E-state index in [0.29, 0.717) is 0 Å². The molecule has 1 aliphatic rings. The minimum absolute atomic E-state index is 0.793. The highest BCUT2D eigenvalue weighted by Gasteiger charge is 2.19. The van der Waals surface area contributed by atoms with E-state index in [1.54, 1.807) is 0 Å². The van der Waals surface area contributed by atoms with Gasteiger partial charge in [0.2, 0.25) is 11.8 Å². The van der Waals surface area contributed by atoms with E-state index in [9.17, 15) is 0 Å². The molecule has 1 aliphatic carbocycles. The van der Waals surface area contributed by atoms with Crippen LogP contribution in [0.2, 0.25) is 0 Å². The molecule has 0 aliphatic heterocycles. The van der Waals surface area contributed by atoms with Crippen molar-refractivity contribution < 1.29 is 4.42 Å². The van der Waals surface area contributed by atoms with E-state index >= 15 is 0 Å². The van der Waals surface area contributed by atoms with Crippen LogP contribution in [-0.4, -0.2) is 22.8 Å². The molecule has 0 bridgehead atoms. The number of unbranched alkanes of at least 4 members (excludes halogenated alkanes) is 5. The molecule has 0 radical (unpaired) electrons. The lowest BCUT2D eigenvalue weighted by molar-refractivity contribution is 0.433. The Bertz CT molecular complexity index is 360. The van der Waals surface area contributed by atoms with Crippen LogP contribution in [0.1, 0.15) is 76.5 Å². The third kappa shape index (κ3) is 6.51. The van der Waals surface area contributed by atoms with E-state index in [1.165, 1.54) is 51.4 Å². The Kier molecular flexibility index (Phi) is 7.06. The molecule has 1 aromatic heterocycles. The van der Waals surface area contributed by atoms with Crippen molar-refractivity contribution in [2.75, 3.05) is 6.54 Å². The first-order chi connectivity index (χ1) is 9.88. The van der Waals surface area contributed by atoms with E-state index in [1.807, 2.05) is 0 Å². The first-order valence-electron chi connectivity index (χ1n) is 8.43. The number of aromatic nitrogens is 2. The van der Waals surface area contributed by atoms with Crippen molar-refractivity contribution >= 4 is 0 Å². The molecule has 1 N–H and O–H groups in total. The minimum atomic E-state index is 0.793. The van der Waals surface area contributed by atoms with Crippen molar-refractivity contribution in [1.29, 1.82) is 0 Å². The summed E-state index contributed by atoms with van der Waals surface area (Å²) in [5.74, 6) is 1.63. The van der Waals surface area contributed by atoms with Gasteiger partial charge in [0.25, 0.3) is 0 Å². The van der Waals surface area contributed by atoms with Gasteiger partial charge < -0.3 is 9.73 Å². The van der Waals surface area contributed by atoms with Crippen molar-refractivity contribution in [3.05, 3.63) is 11.8 Å². The molecule has 2 rings (SSSR count). The molecule has 20 heavy (non-hydrogen) atoms. The molecule has 4 heteroatoms. The van der Waals surface area contributed by atoms with Gasteiger partial charge in [-0.3, -0.25) is 0 Å². The van der Waals surface area contributed by atoms with Crippen LogP contribution in [0.4, 0.5) is 0 Å². The fourth-order valence-corrected chi connectivity index (χ4v) is 2.38. The summed E-state index contributed by atoms with van der Waals surface area (Å²) >= 11 is 0. The molecule has 1 saturated carbocycles. The Morgan fingerprint density at radius 3 is 2.30 bits per heavy atom. The van der Waals surface area contributed by atoms with Gasteiger partial charge in [-0.25, -0.2) is 0 Å². The minimum Gasteiger partial charge on any atom is -0.425 e. The second kappa shape index (κ2) is 9.11. The Hall–Kier alpha value is -0.900. The van der Waals surface area contributed by atoms with E-state index in [4.69, 9.17) is 4.42 Å². The Morgan fingerprint density at radius 2 is 1.60 bits per heavy atom. The van der Waals surface area contributed by atoms with Crippen molar-refractivity contribution in [1.82, 2.24) is 15.5 Å². The number of nitrogens with zero attached hydrogens (tertiary/aromatic N) is 2. The van der Waals surface area contributed by atoms with Crippen LogP contribution in [-0.2, 0) is 12.8 Å². The monoisotopic (exact) mass is 279 g/mol. The number of hydrogen-bond acceptors (Lipinski definition) is 4. The number of rotatable bonds is 12. The quantitative estimate of drug-likeness (QED) is 0.593. The van der Waals surface area contributed by atoms with Crippen LogP contribution < -0.4 is 5.32 Å². The molecule has 0 unspecified atom stereocenters. The Labute approximate surface area is 122 Å². The highest BCUT2D eigenvalue weighted by molar-refractivity contribution is 4.84. The number of aryl methyl sites for hydroxylation is 2. The fraction of sp³-hybridized carbons (Fsp3) is 0.875. The first-order valence-corrected chi connectivity index (χ1v) is 8.43. The lowest BCUT2D eigenvalue weighted by atomic mass is 10.1. The smallest absolute Gasteiger partial charge is 0.216 e. The van der Waals surface area contributed by atoms with E-state index < -0.39 is 0 Å². The normalized spacial score (nSPS) is 14.8. The van der Waals surface area contributed by atoms with E-state index in [-0.39, 0.29) is 0 Å². The van der Waals surface area contributed by atoms with Gasteiger partial charge in [-0.15, -0.1) is 10.2 Å². The largest absolute Gasteiger partial charge is 0.425 e. The summed E-state index contributed by atoms with van der Waals surface area (Å²) in [5.41, 5.74) is 0. The van der Waals surface area contributed by atoms with Gasteiger partial charge in [-0.1, -0.05) is 39.0 Å². The standard InChI is InChI=1S/C16H29N3O/c1-2-3-4-5-6-7-9-15-18-19-16(20-15)10-8-13-17-14-11-12-14/h14,17H,2-13H2,1H3. The van der Waals surface area contributed by atoms with E-state index in [0.717, 1.165) is 43.6 Å². The van der Waals surface area contributed by atoms with Crippen molar-refractivity contribution in [2.24, 2.45) is 0 Å². The predicted octanol–water partition coefficient (Wildman–Crippen LogP) is 3.66. The third-order valence-corrected chi connectivity index (χ3v) is 3.83. The maximum Gasteiger partial charge on any atom is 0.216 e. The average molecular weight is 279 g/mol. The molecule has 0 spiro atoms. The fourth-order valence-electron chi connectivity index (χ4n) is 2.38. The van der Waals surface area contributed by atoms with Crippen LogP contribution in [0.3, 0.4) is 0 Å². The van der Waals surface area contributed by atoms with Gasteiger partial charge in [0, 0.05) is 18.9 Å². The van der Waals surface area contributed by atoms with Gasteiger partial charge in [0.1, 0.15) is 0 Å². The molecule has 0 aromatic carbocycles. The second-order valence-electron chi connectivity index (χ2n) is 5.94. The molecular formula is C16H29N3O. The van der Waals surface area contributed by atoms with Crippen LogP contribution in [0.25, 0.3) is 0 Å². The van der Waals surface area contributed by atoms with Gasteiger partial charge >= 0.3 is 0 Å². The SMILES string of the molecule is CCCCCCCCc1nnc(CCCNC2CC2)o1. The number of hydrogen-bond donors (Lipinski definition) is 1. The average Bonchev–Trinajstić information content (AvgIpc) is 3.18. The van der Waals surface area contributed by atoms with Crippen molar-refractivity contribution in [3.63, 3.8) is 0 Å². The maximum atomic E-state index is 5.68. The molecule has 0 saturated heterocycles. The molecule has 4 nitrogen and oxygen atoms in total. The molecule has 1 heterocycles. The van der Waals surface area contributed by atoms with Gasteiger partial charge in [-0.05, 0) is 32.2 Å². The zero-order valence-corrected chi connectivity index (χ0v) is 12.9. The Balaban J connectivity index is 1.50. The van der Waals surface area contributed by atoms with Gasteiger partial charge in [0.15, 0.2) is 0 Å². The first kappa shape index (κ1) is 15.5. The van der Waals surface area contributed by atoms with Crippen LogP contribution >= 0.6 is 0 Å². The topological polar surface area (TPSA) is 51.0 Å². The highest BCUT2D eigenvalue weighted by atomic mass is 16.4. The summed E-state index contributed by atoms with van der Waals surface area (Å²) in [4.78, 5) is 0. The number of nitrogens with one attached hydrogen (secondary N) is 1. The van der Waals surface area contributed by atoms with E-state index in [2.05, 4.69) is 22.4 Å². The third-order valence-electron chi connectivity index (χ3n) is 3.83. The molecule has 0 atom stereocenters. The zero-order chi connectivity index (χ0) is 14.0. The zero-order valence-electron chi connectivity index (χ0n) is 12.9. The lowest BCUT2D eigenvalue weighted by Gasteiger charge is -1.99. The molecule has 114 valence electrons. The summed E-state index contributed by atoms with van der Waals surface area (Å²) in [6, 6.07) is 0.793. The summed E-state index contributed by atoms with van der Waals surface area (Å²) in [7, 11) is 0. The van der Waals surface area contributed by atoms with Crippen molar-refractivity contribution in [3.8, 4) is 0 Å². The summed E-state index contributed by atoms with van der Waals surface area (Å²) < 4.78 is 5.68. The van der Waals surface area contributed by atoms with Gasteiger partial charge in [-0.2, -0.15) is 0 Å². The summed E-state index contributed by atoms with van der Waals surface area (Å²) in [6.07, 6.45) is 13.5. The Morgan fingerprint density at radius 1 is 0.950 bits per heavy atom. The summed E-state index contributed by atoms with van der Waals surface area (Å²) in [6.45, 7) is 3.32. The molecule has 1 aromatic rings. The summed E-state index contributed by atoms with van der Waals surface area (Å²) in [5, 5.41) is 11.8. The predicted molar refractivity (Wildman–Crippen MR) is 80.7 cm³/mol. The van der Waals surface area contributed by atoms with Crippen LogP contribution in [0, 0.1) is 0 Å².